The van der Waals surface area contributed by atoms with Crippen molar-refractivity contribution in [2.45, 2.75) is 167 Å². The monoisotopic (exact) mass is 1040 g/mol. The molecule has 406 valence electrons. The number of nitrogens with two attached hydrogens (primary N) is 2. The lowest BCUT2D eigenvalue weighted by molar-refractivity contribution is -0.146. The summed E-state index contributed by atoms with van der Waals surface area (Å²) in [4.78, 5) is 168. The molecule has 1 heterocycles. The third-order valence-electron chi connectivity index (χ3n) is 12.3. The van der Waals surface area contributed by atoms with Crippen LogP contribution in [0.25, 0.3) is 0 Å². The number of carboxylic acids is 4. The van der Waals surface area contributed by atoms with Crippen LogP contribution < -0.4 is 48.7 Å². The van der Waals surface area contributed by atoms with Crippen LogP contribution in [0, 0.1) is 17.8 Å². The maximum Gasteiger partial charge on any atom is 0.326 e. The summed E-state index contributed by atoms with van der Waals surface area (Å²) in [5.41, 5.74) is 10.9. The minimum atomic E-state index is -1.85. The number of carboxylic acid groups (broad SMARTS) is 4. The van der Waals surface area contributed by atoms with E-state index < -0.39 is 168 Å². The largest absolute Gasteiger partial charge is 0.481 e. The second-order valence-electron chi connectivity index (χ2n) is 17.8. The van der Waals surface area contributed by atoms with Crippen molar-refractivity contribution in [3.8, 4) is 0 Å². The molecule has 0 aromatic carbocycles. The first-order chi connectivity index (χ1) is 33.6. The van der Waals surface area contributed by atoms with Crippen molar-refractivity contribution in [1.82, 2.24) is 42.1 Å². The number of hydrogen-bond donors (Lipinski definition) is 14. The molecule has 1 aliphatic heterocycles. The molecule has 0 spiro atoms. The maximum atomic E-state index is 14.1. The fraction of sp³-hybridized carbons (Fsp3) is 0.705. The third-order valence-corrected chi connectivity index (χ3v) is 12.7. The zero-order chi connectivity index (χ0) is 55.2. The van der Waals surface area contributed by atoms with Gasteiger partial charge in [-0.05, 0) is 43.4 Å². The molecule has 28 heteroatoms. The lowest BCUT2D eigenvalue weighted by Crippen LogP contribution is -2.62. The third kappa shape index (κ3) is 20.6. The highest BCUT2D eigenvalue weighted by Gasteiger charge is 2.42. The summed E-state index contributed by atoms with van der Waals surface area (Å²) in [5, 5.41) is 54.6. The van der Waals surface area contributed by atoms with Gasteiger partial charge in [0.1, 0.15) is 48.3 Å². The Labute approximate surface area is 421 Å². The summed E-state index contributed by atoms with van der Waals surface area (Å²) in [6, 6.07) is -13.6. The summed E-state index contributed by atoms with van der Waals surface area (Å²) in [6.45, 7) is 9.75. The van der Waals surface area contributed by atoms with Crippen LogP contribution in [0.1, 0.15) is 112 Å². The van der Waals surface area contributed by atoms with E-state index in [0.717, 1.165) is 4.90 Å². The van der Waals surface area contributed by atoms with E-state index in [1.54, 1.807) is 41.5 Å². The van der Waals surface area contributed by atoms with E-state index in [9.17, 15) is 77.6 Å². The van der Waals surface area contributed by atoms with Gasteiger partial charge in [-0.2, -0.15) is 12.6 Å². The van der Waals surface area contributed by atoms with Crippen molar-refractivity contribution in [3.05, 3.63) is 0 Å². The topological polar surface area (TPSA) is 442 Å². The zero-order valence-electron chi connectivity index (χ0n) is 41.3. The Morgan fingerprint density at radius 1 is 0.556 bits per heavy atom. The van der Waals surface area contributed by atoms with E-state index in [2.05, 4.69) is 49.8 Å². The molecule has 15 N–H and O–H groups in total. The van der Waals surface area contributed by atoms with Crippen LogP contribution in [0.3, 0.4) is 0 Å². The number of carbonyl (C=O) groups is 13. The summed E-state index contributed by atoms with van der Waals surface area (Å²) < 4.78 is 0. The van der Waals surface area contributed by atoms with Crippen molar-refractivity contribution >= 4 is 89.7 Å². The van der Waals surface area contributed by atoms with Gasteiger partial charge in [0.15, 0.2) is 0 Å². The van der Waals surface area contributed by atoms with Crippen LogP contribution in [-0.2, 0) is 62.3 Å². The molecule has 0 aromatic rings. The molecule has 0 saturated carbocycles. The number of thiol groups is 1. The predicted octanol–water partition coefficient (Wildman–Crippen LogP) is -3.07. The van der Waals surface area contributed by atoms with Crippen LogP contribution in [-0.4, -0.2) is 169 Å². The van der Waals surface area contributed by atoms with Crippen molar-refractivity contribution in [2.24, 2.45) is 29.2 Å². The van der Waals surface area contributed by atoms with Crippen LogP contribution in [0.4, 0.5) is 0 Å². The number of nitrogens with zero attached hydrogens (tertiary/aromatic N) is 1. The van der Waals surface area contributed by atoms with E-state index in [4.69, 9.17) is 16.6 Å². The molecular formula is C44H72N10O17S. The number of likely N-dealkylation sites (tertiary alicyclic amines) is 1. The normalized spacial score (nSPS) is 17.8. The van der Waals surface area contributed by atoms with Gasteiger partial charge in [0.25, 0.3) is 0 Å². The quantitative estimate of drug-likeness (QED) is 0.0290. The van der Waals surface area contributed by atoms with Gasteiger partial charge in [-0.3, -0.25) is 57.5 Å². The average Bonchev–Trinajstić information content (AvgIpc) is 3.82. The zero-order valence-corrected chi connectivity index (χ0v) is 42.2. The molecule has 0 radical (unpaired) electrons. The molecule has 1 fully saturated rings. The van der Waals surface area contributed by atoms with E-state index in [1.807, 2.05) is 0 Å². The molecule has 9 amide bonds. The van der Waals surface area contributed by atoms with Crippen molar-refractivity contribution in [1.29, 1.82) is 0 Å². The standard InChI is InChI=1S/C44H72N10O17S/c1-7-20(4)33(52-42(68)34(21(5)8-2)51-37(63)25(17-31(58)59)48-39(65)27(19-72)50-36(62)23(45)12-15-30(56)57)41(67)49-26(18-32(60)61)38(64)53-35(22(6)9-3)43(69)54-16-10-11-28(54)40(66)47-24(44(70)71)13-14-29(46)55/h20-28,33-35,72H,7-19,45H2,1-6H3,(H2,46,55)(H,47,66)(H,48,65)(H,49,67)(H,50,62)(H,51,63)(H,52,68)(H,53,64)(H,56,57)(H,58,59)(H,60,61)(H,70,71)/t20-,21-,22-,23-,24-,25-,26-,27-,28-,33-,34-,35-/m0/s1. The molecule has 27 nitrogen and oxygen atoms in total. The molecule has 1 rings (SSSR count). The number of hydrogen-bond acceptors (Lipinski definition) is 15. The van der Waals surface area contributed by atoms with Gasteiger partial charge in [0, 0.05) is 25.1 Å². The highest BCUT2D eigenvalue weighted by atomic mass is 32.1. The van der Waals surface area contributed by atoms with Gasteiger partial charge in [-0.25, -0.2) is 4.79 Å². The Morgan fingerprint density at radius 3 is 1.43 bits per heavy atom. The van der Waals surface area contributed by atoms with Gasteiger partial charge in [-0.15, -0.1) is 0 Å². The smallest absolute Gasteiger partial charge is 0.326 e. The van der Waals surface area contributed by atoms with Crippen molar-refractivity contribution < 1.29 is 82.8 Å². The number of rotatable bonds is 33. The van der Waals surface area contributed by atoms with Gasteiger partial charge in [0.05, 0.1) is 18.9 Å². The minimum absolute atomic E-state index is 0.0296. The van der Waals surface area contributed by atoms with E-state index in [1.165, 1.54) is 0 Å². The number of primary amides is 1. The summed E-state index contributed by atoms with van der Waals surface area (Å²) in [6.07, 6.45) is -2.23. The Bertz CT molecular complexity index is 1990. The van der Waals surface area contributed by atoms with E-state index in [0.29, 0.717) is 6.42 Å². The highest BCUT2D eigenvalue weighted by Crippen LogP contribution is 2.22. The highest BCUT2D eigenvalue weighted by molar-refractivity contribution is 7.80. The Morgan fingerprint density at radius 2 is 0.986 bits per heavy atom. The Balaban J connectivity index is 3.42. The first-order valence-corrected chi connectivity index (χ1v) is 24.2. The molecule has 0 aromatic heterocycles. The molecule has 0 bridgehead atoms. The lowest BCUT2D eigenvalue weighted by Gasteiger charge is -2.33. The molecule has 72 heavy (non-hydrogen) atoms. The van der Waals surface area contributed by atoms with Crippen LogP contribution in [0.2, 0.25) is 0 Å². The summed E-state index contributed by atoms with van der Waals surface area (Å²) in [7, 11) is 0. The SMILES string of the molecule is CC[C@H](C)[C@H](NC(=O)[C@H](CC(=O)O)NC(=O)[C@H](CS)NC(=O)[C@@H](N)CCC(=O)O)C(=O)N[C@H](C(=O)N[C@@H](CC(=O)O)C(=O)N[C@H](C(=O)N1CCC[C@H]1C(=O)N[C@@H](CCC(N)=O)C(=O)O)[C@@H](C)CC)[C@@H](C)CC. The molecular weight excluding hydrogens is 973 g/mol. The van der Waals surface area contributed by atoms with Crippen molar-refractivity contribution in [2.75, 3.05) is 12.3 Å². The summed E-state index contributed by atoms with van der Waals surface area (Å²) in [5.74, 6) is -16.9. The van der Waals surface area contributed by atoms with Gasteiger partial charge in [0.2, 0.25) is 53.2 Å². The Hall–Kier alpha value is -6.58. The predicted molar refractivity (Wildman–Crippen MR) is 256 cm³/mol. The molecule has 1 aliphatic rings. The molecule has 0 aliphatic carbocycles. The lowest BCUT2D eigenvalue weighted by atomic mass is 9.94. The molecule has 12 atom stereocenters. The molecule has 0 unspecified atom stereocenters. The second kappa shape index (κ2) is 31.0. The van der Waals surface area contributed by atoms with Gasteiger partial charge >= 0.3 is 23.9 Å². The summed E-state index contributed by atoms with van der Waals surface area (Å²) >= 11 is 4.04. The van der Waals surface area contributed by atoms with Gasteiger partial charge in [-0.1, -0.05) is 60.8 Å². The van der Waals surface area contributed by atoms with Crippen LogP contribution >= 0.6 is 12.6 Å². The number of carbonyl (C=O) groups excluding carboxylic acids is 9. The van der Waals surface area contributed by atoms with Crippen LogP contribution in [0.5, 0.6) is 0 Å². The Kier molecular flexibility index (Phi) is 27.3. The van der Waals surface area contributed by atoms with E-state index >= 15 is 0 Å². The number of nitrogens with one attached hydrogen (secondary N) is 7. The number of amides is 9. The maximum absolute atomic E-state index is 14.1. The van der Waals surface area contributed by atoms with E-state index in [-0.39, 0.29) is 57.2 Å². The fourth-order valence-corrected chi connectivity index (χ4v) is 7.57. The minimum Gasteiger partial charge on any atom is -0.481 e. The first kappa shape index (κ1) is 63.4. The molecule has 1 saturated heterocycles. The van der Waals surface area contributed by atoms with Crippen LogP contribution in [0.15, 0.2) is 0 Å². The second-order valence-corrected chi connectivity index (χ2v) is 18.2. The fourth-order valence-electron chi connectivity index (χ4n) is 7.32. The average molecular weight is 1050 g/mol. The number of aliphatic carboxylic acids is 4. The van der Waals surface area contributed by atoms with Crippen molar-refractivity contribution in [3.63, 3.8) is 0 Å². The first-order valence-electron chi connectivity index (χ1n) is 23.6. The van der Waals surface area contributed by atoms with Gasteiger partial charge < -0.3 is 74.0 Å².